The van der Waals surface area contributed by atoms with Crippen molar-refractivity contribution in [2.45, 2.75) is 18.6 Å². The molecule has 1 aromatic heterocycles. The van der Waals surface area contributed by atoms with Gasteiger partial charge in [-0.25, -0.2) is 9.78 Å². The molecule has 8 nitrogen and oxygen atoms in total. The minimum Gasteiger partial charge on any atom is -0.462 e. The first kappa shape index (κ1) is 17.5. The minimum absolute atomic E-state index is 0.157. The second-order valence-corrected chi connectivity index (χ2v) is 5.54. The van der Waals surface area contributed by atoms with E-state index in [0.717, 1.165) is 0 Å². The summed E-state index contributed by atoms with van der Waals surface area (Å²) in [7, 11) is 0. The Bertz CT molecular complexity index is 640. The Morgan fingerprint density at radius 1 is 1.39 bits per heavy atom. The van der Waals surface area contributed by atoms with E-state index in [2.05, 4.69) is 4.98 Å². The molecule has 9 heteroatoms. The number of thioether (sulfide) groups is 1. The Kier molecular flexibility index (Phi) is 6.17. The van der Waals surface area contributed by atoms with Gasteiger partial charge in [-0.3, -0.25) is 14.2 Å². The molecule has 0 bridgehead atoms. The zero-order valence-corrected chi connectivity index (χ0v) is 13.9. The standard InChI is InChI=1S/C14H19N3O5S/c1-3-22-13(20)10-8-15-14(23-2)17(12(10)19)9-11(18)16-4-6-21-7-5-16/h8H,3-7,9H2,1-2H3. The third kappa shape index (κ3) is 4.11. The van der Waals surface area contributed by atoms with E-state index < -0.39 is 11.5 Å². The van der Waals surface area contributed by atoms with Crippen LogP contribution >= 0.6 is 11.8 Å². The Labute approximate surface area is 137 Å². The van der Waals surface area contributed by atoms with Gasteiger partial charge in [-0.1, -0.05) is 11.8 Å². The Morgan fingerprint density at radius 2 is 2.09 bits per heavy atom. The maximum Gasteiger partial charge on any atom is 0.345 e. The van der Waals surface area contributed by atoms with Gasteiger partial charge in [0.2, 0.25) is 5.91 Å². The van der Waals surface area contributed by atoms with Crippen LogP contribution in [-0.2, 0) is 20.8 Å². The van der Waals surface area contributed by atoms with Crippen LogP contribution in [0.15, 0.2) is 16.1 Å². The molecule has 0 spiro atoms. The van der Waals surface area contributed by atoms with E-state index in [0.29, 0.717) is 31.5 Å². The van der Waals surface area contributed by atoms with Gasteiger partial charge < -0.3 is 14.4 Å². The second-order valence-electron chi connectivity index (χ2n) is 4.76. The van der Waals surface area contributed by atoms with Gasteiger partial charge in [0, 0.05) is 13.1 Å². The molecule has 2 rings (SSSR count). The number of amides is 1. The smallest absolute Gasteiger partial charge is 0.345 e. The fourth-order valence-electron chi connectivity index (χ4n) is 2.18. The van der Waals surface area contributed by atoms with Crippen LogP contribution in [0.3, 0.4) is 0 Å². The van der Waals surface area contributed by atoms with Gasteiger partial charge in [0.05, 0.1) is 26.0 Å². The quantitative estimate of drug-likeness (QED) is 0.423. The van der Waals surface area contributed by atoms with E-state index >= 15 is 0 Å². The average Bonchev–Trinajstić information content (AvgIpc) is 2.57. The lowest BCUT2D eigenvalue weighted by molar-refractivity contribution is -0.136. The summed E-state index contributed by atoms with van der Waals surface area (Å²) in [6.07, 6.45) is 2.95. The summed E-state index contributed by atoms with van der Waals surface area (Å²) in [5.74, 6) is -0.932. The maximum atomic E-state index is 12.5. The zero-order valence-electron chi connectivity index (χ0n) is 13.1. The SMILES string of the molecule is CCOC(=O)c1cnc(SC)n(CC(=O)N2CCOCC2)c1=O. The highest BCUT2D eigenvalue weighted by Crippen LogP contribution is 2.11. The molecule has 126 valence electrons. The molecule has 0 saturated carbocycles. The monoisotopic (exact) mass is 341 g/mol. The molecule has 1 fully saturated rings. The zero-order chi connectivity index (χ0) is 16.8. The third-order valence-electron chi connectivity index (χ3n) is 3.35. The average molecular weight is 341 g/mol. The van der Waals surface area contributed by atoms with Crippen LogP contribution in [0.4, 0.5) is 0 Å². The first-order valence-corrected chi connectivity index (χ1v) is 8.47. The van der Waals surface area contributed by atoms with Gasteiger partial charge in [-0.05, 0) is 13.2 Å². The molecule has 0 atom stereocenters. The number of hydrogen-bond donors (Lipinski definition) is 0. The molecule has 1 saturated heterocycles. The lowest BCUT2D eigenvalue weighted by Gasteiger charge is -2.27. The Morgan fingerprint density at radius 3 is 2.70 bits per heavy atom. The summed E-state index contributed by atoms with van der Waals surface area (Å²) >= 11 is 1.24. The first-order chi connectivity index (χ1) is 11.1. The van der Waals surface area contributed by atoms with Crippen LogP contribution in [-0.4, -0.2) is 65.5 Å². The van der Waals surface area contributed by atoms with E-state index in [1.54, 1.807) is 18.1 Å². The largest absolute Gasteiger partial charge is 0.462 e. The highest BCUT2D eigenvalue weighted by molar-refractivity contribution is 7.98. The van der Waals surface area contributed by atoms with Crippen LogP contribution < -0.4 is 5.56 Å². The van der Waals surface area contributed by atoms with Crippen LogP contribution in [0.2, 0.25) is 0 Å². The van der Waals surface area contributed by atoms with Crippen molar-refractivity contribution in [3.05, 3.63) is 22.1 Å². The summed E-state index contributed by atoms with van der Waals surface area (Å²) < 4.78 is 11.3. The normalized spacial score (nSPS) is 14.6. The van der Waals surface area contributed by atoms with Gasteiger partial charge in [0.1, 0.15) is 12.1 Å². The van der Waals surface area contributed by atoms with Crippen molar-refractivity contribution in [1.29, 1.82) is 0 Å². The van der Waals surface area contributed by atoms with Crippen LogP contribution in [0.5, 0.6) is 0 Å². The second kappa shape index (κ2) is 8.11. The summed E-state index contributed by atoms with van der Waals surface area (Å²) in [4.78, 5) is 42.4. The van der Waals surface area contributed by atoms with Crippen molar-refractivity contribution in [3.8, 4) is 0 Å². The number of carbonyl (C=O) groups is 2. The number of aromatic nitrogens is 2. The highest BCUT2D eigenvalue weighted by Gasteiger charge is 2.22. The fourth-order valence-corrected chi connectivity index (χ4v) is 2.70. The third-order valence-corrected chi connectivity index (χ3v) is 4.04. The van der Waals surface area contributed by atoms with E-state index in [9.17, 15) is 14.4 Å². The summed E-state index contributed by atoms with van der Waals surface area (Å²) in [5.41, 5.74) is -0.733. The molecular weight excluding hydrogens is 322 g/mol. The molecule has 0 radical (unpaired) electrons. The number of rotatable bonds is 5. The van der Waals surface area contributed by atoms with Crippen LogP contribution in [0.25, 0.3) is 0 Å². The van der Waals surface area contributed by atoms with E-state index in [4.69, 9.17) is 9.47 Å². The lowest BCUT2D eigenvalue weighted by atomic mass is 10.3. The molecule has 0 aliphatic carbocycles. The van der Waals surface area contributed by atoms with Gasteiger partial charge >= 0.3 is 5.97 Å². The van der Waals surface area contributed by atoms with E-state index in [1.807, 2.05) is 0 Å². The molecule has 1 aliphatic rings. The summed E-state index contributed by atoms with van der Waals surface area (Å²) in [6, 6.07) is 0. The topological polar surface area (TPSA) is 90.7 Å². The Balaban J connectivity index is 2.28. The van der Waals surface area contributed by atoms with Crippen LogP contribution in [0.1, 0.15) is 17.3 Å². The predicted molar refractivity (Wildman–Crippen MR) is 83.6 cm³/mol. The van der Waals surface area contributed by atoms with Crippen molar-refractivity contribution in [3.63, 3.8) is 0 Å². The van der Waals surface area contributed by atoms with E-state index in [1.165, 1.54) is 22.5 Å². The molecule has 0 N–H and O–H groups in total. The van der Waals surface area contributed by atoms with Gasteiger partial charge in [-0.15, -0.1) is 0 Å². The van der Waals surface area contributed by atoms with Gasteiger partial charge in [0.15, 0.2) is 5.16 Å². The van der Waals surface area contributed by atoms with Crippen molar-refractivity contribution in [2.24, 2.45) is 0 Å². The van der Waals surface area contributed by atoms with E-state index in [-0.39, 0.29) is 24.6 Å². The predicted octanol–water partition coefficient (Wildman–Crippen LogP) is 0.000700. The van der Waals surface area contributed by atoms with Crippen molar-refractivity contribution in [1.82, 2.24) is 14.5 Å². The fraction of sp³-hybridized carbons (Fsp3) is 0.571. The molecule has 23 heavy (non-hydrogen) atoms. The molecule has 1 aromatic rings. The van der Waals surface area contributed by atoms with Gasteiger partial charge in [-0.2, -0.15) is 0 Å². The number of nitrogens with zero attached hydrogens (tertiary/aromatic N) is 3. The molecule has 1 aliphatic heterocycles. The molecule has 0 unspecified atom stereocenters. The minimum atomic E-state index is -0.731. The Hall–Kier alpha value is -1.87. The number of ether oxygens (including phenoxy) is 2. The first-order valence-electron chi connectivity index (χ1n) is 7.25. The number of esters is 1. The summed E-state index contributed by atoms with van der Waals surface area (Å²) in [5, 5.41) is 0.379. The van der Waals surface area contributed by atoms with Crippen molar-refractivity contribution >= 4 is 23.6 Å². The molecule has 2 heterocycles. The molecular formula is C14H19N3O5S. The number of carbonyl (C=O) groups excluding carboxylic acids is 2. The lowest BCUT2D eigenvalue weighted by Crippen LogP contribution is -2.44. The van der Waals surface area contributed by atoms with Crippen molar-refractivity contribution < 1.29 is 19.1 Å². The number of hydrogen-bond acceptors (Lipinski definition) is 7. The maximum absolute atomic E-state index is 12.5. The number of morpholine rings is 1. The molecule has 0 aromatic carbocycles. The highest BCUT2D eigenvalue weighted by atomic mass is 32.2. The van der Waals surface area contributed by atoms with Crippen molar-refractivity contribution in [2.75, 3.05) is 39.2 Å². The van der Waals surface area contributed by atoms with Gasteiger partial charge in [0.25, 0.3) is 5.56 Å². The van der Waals surface area contributed by atoms with Crippen LogP contribution in [0, 0.1) is 0 Å². The molecule has 1 amide bonds. The summed E-state index contributed by atoms with van der Waals surface area (Å²) in [6.45, 7) is 3.61.